The van der Waals surface area contributed by atoms with E-state index in [1.165, 1.54) is 11.9 Å². The summed E-state index contributed by atoms with van der Waals surface area (Å²) < 4.78 is 0. The Bertz CT molecular complexity index is 470. The summed E-state index contributed by atoms with van der Waals surface area (Å²) in [6.07, 6.45) is 3.48. The molecule has 0 bridgehead atoms. The Morgan fingerprint density at radius 1 is 1.44 bits per heavy atom. The van der Waals surface area contributed by atoms with E-state index in [0.29, 0.717) is 6.04 Å². The van der Waals surface area contributed by atoms with Crippen LogP contribution in [0.15, 0.2) is 30.6 Å². The van der Waals surface area contributed by atoms with Crippen molar-refractivity contribution in [3.8, 4) is 0 Å². The van der Waals surface area contributed by atoms with Gasteiger partial charge in [-0.15, -0.1) is 0 Å². The first kappa shape index (κ1) is 13.1. The Labute approximate surface area is 112 Å². The number of aromatic amines is 1. The van der Waals surface area contributed by atoms with E-state index in [1.54, 1.807) is 0 Å². The zero-order valence-corrected chi connectivity index (χ0v) is 11.1. The van der Waals surface area contributed by atoms with Crippen LogP contribution < -0.4 is 5.32 Å². The third kappa shape index (κ3) is 3.82. The molecule has 96 valence electrons. The van der Waals surface area contributed by atoms with Gasteiger partial charge in [0.25, 0.3) is 0 Å². The van der Waals surface area contributed by atoms with Gasteiger partial charge in [0.2, 0.25) is 0 Å². The molecule has 0 amide bonds. The Morgan fingerprint density at radius 3 is 3.06 bits per heavy atom. The molecule has 0 saturated carbocycles. The summed E-state index contributed by atoms with van der Waals surface area (Å²) >= 11 is 5.97. The van der Waals surface area contributed by atoms with Gasteiger partial charge in [0.1, 0.15) is 12.2 Å². The second-order valence-corrected chi connectivity index (χ2v) is 4.70. The van der Waals surface area contributed by atoms with Gasteiger partial charge in [-0.2, -0.15) is 5.10 Å². The van der Waals surface area contributed by atoms with Crippen molar-refractivity contribution in [3.63, 3.8) is 0 Å². The van der Waals surface area contributed by atoms with Crippen LogP contribution in [0.3, 0.4) is 0 Å². The molecule has 1 heterocycles. The SMILES string of the molecule is CC(NCCCc1ncn[nH]1)c1cccc(Cl)c1. The zero-order chi connectivity index (χ0) is 12.8. The largest absolute Gasteiger partial charge is 0.310 e. The van der Waals surface area contributed by atoms with E-state index < -0.39 is 0 Å². The lowest BCUT2D eigenvalue weighted by Gasteiger charge is -2.14. The van der Waals surface area contributed by atoms with Crippen molar-refractivity contribution in [2.24, 2.45) is 0 Å². The van der Waals surface area contributed by atoms with Gasteiger partial charge in [0.05, 0.1) is 0 Å². The van der Waals surface area contributed by atoms with Gasteiger partial charge < -0.3 is 5.32 Å². The minimum atomic E-state index is 0.304. The molecular formula is C13H17ClN4. The Hall–Kier alpha value is -1.39. The first-order valence-electron chi connectivity index (χ1n) is 6.09. The summed E-state index contributed by atoms with van der Waals surface area (Å²) in [6.45, 7) is 3.08. The standard InChI is InChI=1S/C13H17ClN4/c1-10(11-4-2-5-12(14)8-11)15-7-3-6-13-16-9-17-18-13/h2,4-5,8-10,15H,3,6-7H2,1H3,(H,16,17,18). The van der Waals surface area contributed by atoms with Crippen LogP contribution in [0, 0.1) is 0 Å². The molecule has 0 fully saturated rings. The number of aryl methyl sites for hydroxylation is 1. The van der Waals surface area contributed by atoms with Crippen LogP contribution in [0.1, 0.15) is 30.8 Å². The number of halogens is 1. The van der Waals surface area contributed by atoms with Gasteiger partial charge in [0, 0.05) is 17.5 Å². The molecule has 0 aliphatic carbocycles. The van der Waals surface area contributed by atoms with Crippen molar-refractivity contribution in [2.75, 3.05) is 6.54 Å². The highest BCUT2D eigenvalue weighted by molar-refractivity contribution is 6.30. The van der Waals surface area contributed by atoms with Crippen molar-refractivity contribution < 1.29 is 0 Å². The summed E-state index contributed by atoms with van der Waals surface area (Å²) in [5.74, 6) is 0.937. The lowest BCUT2D eigenvalue weighted by atomic mass is 10.1. The van der Waals surface area contributed by atoms with E-state index in [9.17, 15) is 0 Å². The Morgan fingerprint density at radius 2 is 2.33 bits per heavy atom. The van der Waals surface area contributed by atoms with Gasteiger partial charge in [-0.3, -0.25) is 5.10 Å². The van der Waals surface area contributed by atoms with E-state index in [0.717, 1.165) is 30.2 Å². The lowest BCUT2D eigenvalue weighted by Crippen LogP contribution is -2.20. The van der Waals surface area contributed by atoms with Gasteiger partial charge in [-0.1, -0.05) is 23.7 Å². The van der Waals surface area contributed by atoms with Gasteiger partial charge in [0.15, 0.2) is 0 Å². The molecule has 2 rings (SSSR count). The van der Waals surface area contributed by atoms with Crippen LogP contribution in [-0.4, -0.2) is 21.7 Å². The number of hydrogen-bond acceptors (Lipinski definition) is 3. The van der Waals surface area contributed by atoms with Crippen LogP contribution in [0.25, 0.3) is 0 Å². The number of nitrogens with one attached hydrogen (secondary N) is 2. The van der Waals surface area contributed by atoms with E-state index >= 15 is 0 Å². The molecule has 0 aliphatic rings. The van der Waals surface area contributed by atoms with E-state index in [4.69, 9.17) is 11.6 Å². The monoisotopic (exact) mass is 264 g/mol. The van der Waals surface area contributed by atoms with Crippen molar-refractivity contribution in [1.82, 2.24) is 20.5 Å². The second kappa shape index (κ2) is 6.52. The lowest BCUT2D eigenvalue weighted by molar-refractivity contribution is 0.554. The van der Waals surface area contributed by atoms with Crippen molar-refractivity contribution in [2.45, 2.75) is 25.8 Å². The van der Waals surface area contributed by atoms with Crippen molar-refractivity contribution in [1.29, 1.82) is 0 Å². The van der Waals surface area contributed by atoms with Gasteiger partial charge >= 0.3 is 0 Å². The van der Waals surface area contributed by atoms with E-state index in [-0.39, 0.29) is 0 Å². The molecule has 0 radical (unpaired) electrons. The van der Waals surface area contributed by atoms with Gasteiger partial charge in [-0.05, 0) is 37.6 Å². The number of H-pyrrole nitrogens is 1. The number of aromatic nitrogens is 3. The molecule has 1 aromatic carbocycles. The van der Waals surface area contributed by atoms with Crippen LogP contribution in [0.5, 0.6) is 0 Å². The second-order valence-electron chi connectivity index (χ2n) is 4.27. The Kier molecular flexibility index (Phi) is 4.73. The molecule has 0 saturated heterocycles. The third-order valence-electron chi connectivity index (χ3n) is 2.85. The maximum Gasteiger partial charge on any atom is 0.137 e. The fourth-order valence-electron chi connectivity index (χ4n) is 1.82. The molecule has 2 N–H and O–H groups in total. The van der Waals surface area contributed by atoms with E-state index in [2.05, 4.69) is 33.5 Å². The normalized spacial score (nSPS) is 12.6. The van der Waals surface area contributed by atoms with Crippen molar-refractivity contribution >= 4 is 11.6 Å². The van der Waals surface area contributed by atoms with Gasteiger partial charge in [-0.25, -0.2) is 4.98 Å². The fraction of sp³-hybridized carbons (Fsp3) is 0.385. The fourth-order valence-corrected chi connectivity index (χ4v) is 2.02. The number of rotatable bonds is 6. The molecule has 0 spiro atoms. The summed E-state index contributed by atoms with van der Waals surface area (Å²) in [7, 11) is 0. The smallest absolute Gasteiger partial charge is 0.137 e. The molecule has 1 atom stereocenters. The quantitative estimate of drug-likeness (QED) is 0.789. The Balaban J connectivity index is 1.73. The maximum atomic E-state index is 5.97. The average molecular weight is 265 g/mol. The highest BCUT2D eigenvalue weighted by Crippen LogP contribution is 2.17. The summed E-state index contributed by atoms with van der Waals surface area (Å²) in [5, 5.41) is 10.9. The minimum Gasteiger partial charge on any atom is -0.310 e. The van der Waals surface area contributed by atoms with E-state index in [1.807, 2.05) is 18.2 Å². The minimum absolute atomic E-state index is 0.304. The summed E-state index contributed by atoms with van der Waals surface area (Å²) in [5.41, 5.74) is 1.21. The molecule has 4 nitrogen and oxygen atoms in total. The van der Waals surface area contributed by atoms with Crippen LogP contribution in [0.4, 0.5) is 0 Å². The topological polar surface area (TPSA) is 53.6 Å². The zero-order valence-electron chi connectivity index (χ0n) is 10.4. The predicted molar refractivity (Wildman–Crippen MR) is 72.6 cm³/mol. The summed E-state index contributed by atoms with van der Waals surface area (Å²) in [4.78, 5) is 4.09. The molecule has 0 aliphatic heterocycles. The highest BCUT2D eigenvalue weighted by atomic mass is 35.5. The van der Waals surface area contributed by atoms with Crippen LogP contribution in [-0.2, 0) is 6.42 Å². The summed E-state index contributed by atoms with van der Waals surface area (Å²) in [6, 6.07) is 8.25. The molecule has 18 heavy (non-hydrogen) atoms. The molecule has 1 unspecified atom stereocenters. The molecule has 2 aromatic rings. The average Bonchev–Trinajstić information content (AvgIpc) is 2.87. The van der Waals surface area contributed by atoms with Crippen molar-refractivity contribution in [3.05, 3.63) is 47.0 Å². The maximum absolute atomic E-state index is 5.97. The molecule has 5 heteroatoms. The number of nitrogens with zero attached hydrogens (tertiary/aromatic N) is 2. The first-order chi connectivity index (χ1) is 8.75. The number of hydrogen-bond donors (Lipinski definition) is 2. The molecular weight excluding hydrogens is 248 g/mol. The highest BCUT2D eigenvalue weighted by Gasteiger charge is 2.04. The predicted octanol–water partition coefficient (Wildman–Crippen LogP) is 2.74. The third-order valence-corrected chi connectivity index (χ3v) is 3.09. The molecule has 1 aromatic heterocycles. The first-order valence-corrected chi connectivity index (χ1v) is 6.46. The number of benzene rings is 1. The van der Waals surface area contributed by atoms with Crippen LogP contribution in [0.2, 0.25) is 5.02 Å². The van der Waals surface area contributed by atoms with Crippen LogP contribution >= 0.6 is 11.6 Å².